The maximum atomic E-state index is 10.1. The van der Waals surface area contributed by atoms with Crippen LogP contribution in [0.1, 0.15) is 5.56 Å². The van der Waals surface area contributed by atoms with Crippen molar-refractivity contribution < 1.29 is 14.2 Å². The molecule has 0 saturated carbocycles. The Hall–Kier alpha value is -3.95. The number of aromatic nitrogens is 1. The maximum Gasteiger partial charge on any atom is 0.161 e. The molecule has 0 saturated heterocycles. The van der Waals surface area contributed by atoms with Gasteiger partial charge in [0.25, 0.3) is 0 Å². The van der Waals surface area contributed by atoms with Crippen LogP contribution in [0.4, 0.5) is 0 Å². The van der Waals surface area contributed by atoms with Crippen LogP contribution in [-0.4, -0.2) is 30.6 Å². The first kappa shape index (κ1) is 21.9. The number of ether oxygens (including phenoxy) is 3. The molecule has 0 aliphatic carbocycles. The number of pyridine rings is 1. The van der Waals surface area contributed by atoms with E-state index in [2.05, 4.69) is 6.07 Å². The second-order valence-corrected chi connectivity index (χ2v) is 8.76. The van der Waals surface area contributed by atoms with Crippen molar-refractivity contribution in [3.05, 3.63) is 90.5 Å². The Kier molecular flexibility index (Phi) is 6.37. The Labute approximate surface area is 202 Å². The molecule has 0 radical (unpaired) electrons. The summed E-state index contributed by atoms with van der Waals surface area (Å²) < 4.78 is 17.3. The summed E-state index contributed by atoms with van der Waals surface area (Å²) in [6, 6.07) is 29.8. The number of methoxy groups -OCH3 is 1. The lowest BCUT2D eigenvalue weighted by atomic mass is 9.99. The van der Waals surface area contributed by atoms with Crippen molar-refractivity contribution in [3.63, 3.8) is 0 Å². The van der Waals surface area contributed by atoms with Crippen LogP contribution >= 0.6 is 11.8 Å². The first-order valence-electron chi connectivity index (χ1n) is 10.9. The van der Waals surface area contributed by atoms with Crippen molar-refractivity contribution in [1.82, 2.24) is 4.98 Å². The summed E-state index contributed by atoms with van der Waals surface area (Å²) in [5.74, 6) is 2.87. The lowest BCUT2D eigenvalue weighted by Gasteiger charge is -2.26. The van der Waals surface area contributed by atoms with Gasteiger partial charge < -0.3 is 14.2 Å². The molecule has 168 valence electrons. The first-order chi connectivity index (χ1) is 16.7. The van der Waals surface area contributed by atoms with Crippen LogP contribution in [0.3, 0.4) is 0 Å². The number of hydrogen-bond donors (Lipinski definition) is 0. The number of benzene rings is 3. The van der Waals surface area contributed by atoms with Gasteiger partial charge in [-0.15, -0.1) is 11.8 Å². The Morgan fingerprint density at radius 3 is 2.44 bits per heavy atom. The van der Waals surface area contributed by atoms with Gasteiger partial charge in [0, 0.05) is 16.9 Å². The molecule has 0 unspecified atom stereocenters. The average molecular weight is 467 g/mol. The van der Waals surface area contributed by atoms with Crippen LogP contribution < -0.4 is 14.2 Å². The highest BCUT2D eigenvalue weighted by Crippen LogP contribution is 2.37. The van der Waals surface area contributed by atoms with Crippen molar-refractivity contribution in [2.24, 2.45) is 0 Å². The van der Waals surface area contributed by atoms with E-state index in [0.29, 0.717) is 22.9 Å². The van der Waals surface area contributed by atoms with Gasteiger partial charge in [0.15, 0.2) is 11.5 Å². The maximum absolute atomic E-state index is 10.1. The van der Waals surface area contributed by atoms with E-state index >= 15 is 0 Å². The molecule has 0 N–H and O–H groups in total. The highest BCUT2D eigenvalue weighted by Gasteiger charge is 2.23. The number of nitrogens with zero attached hydrogens (tertiary/aromatic N) is 2. The molecule has 4 aromatic rings. The zero-order valence-electron chi connectivity index (χ0n) is 18.6. The lowest BCUT2D eigenvalue weighted by molar-refractivity contribution is 0.107. The van der Waals surface area contributed by atoms with Crippen molar-refractivity contribution in [1.29, 1.82) is 5.26 Å². The monoisotopic (exact) mass is 466 g/mol. The molecule has 34 heavy (non-hydrogen) atoms. The van der Waals surface area contributed by atoms with Crippen LogP contribution in [0.15, 0.2) is 90.0 Å². The molecule has 5 rings (SSSR count). The van der Waals surface area contributed by atoms with Gasteiger partial charge in [-0.25, -0.2) is 4.98 Å². The molecule has 0 spiro atoms. The molecule has 0 amide bonds. The van der Waals surface area contributed by atoms with Crippen LogP contribution in [0.5, 0.6) is 17.2 Å². The molecule has 3 aromatic carbocycles. The van der Waals surface area contributed by atoms with Gasteiger partial charge in [0.05, 0.1) is 18.4 Å². The summed E-state index contributed by atoms with van der Waals surface area (Å²) in [6.07, 6.45) is -0.141. The first-order valence-corrected chi connectivity index (χ1v) is 11.9. The third kappa shape index (κ3) is 4.57. The van der Waals surface area contributed by atoms with Crippen molar-refractivity contribution in [2.75, 3.05) is 19.5 Å². The molecule has 0 bridgehead atoms. The van der Waals surface area contributed by atoms with E-state index in [4.69, 9.17) is 19.2 Å². The molecule has 0 fully saturated rings. The van der Waals surface area contributed by atoms with Crippen LogP contribution in [0.2, 0.25) is 0 Å². The average Bonchev–Trinajstić information content (AvgIpc) is 2.91. The summed E-state index contributed by atoms with van der Waals surface area (Å²) in [6.45, 7) is 0.454. The summed E-state index contributed by atoms with van der Waals surface area (Å²) in [5, 5.41) is 10.8. The molecule has 5 nitrogen and oxygen atoms in total. The van der Waals surface area contributed by atoms with Gasteiger partial charge in [-0.1, -0.05) is 54.6 Å². The van der Waals surface area contributed by atoms with E-state index < -0.39 is 0 Å². The van der Waals surface area contributed by atoms with Crippen LogP contribution in [-0.2, 0) is 0 Å². The molecular formula is C28H22N2O3S. The fourth-order valence-corrected chi connectivity index (χ4v) is 4.78. The fourth-order valence-electron chi connectivity index (χ4n) is 3.81. The second kappa shape index (κ2) is 9.90. The number of rotatable bonds is 6. The largest absolute Gasteiger partial charge is 0.497 e. The van der Waals surface area contributed by atoms with Crippen LogP contribution in [0.25, 0.3) is 22.4 Å². The second-order valence-electron chi connectivity index (χ2n) is 7.75. The minimum Gasteiger partial charge on any atom is -0.497 e. The number of hydrogen-bond acceptors (Lipinski definition) is 6. The highest BCUT2D eigenvalue weighted by atomic mass is 32.2. The third-order valence-corrected chi connectivity index (χ3v) is 6.65. The minimum atomic E-state index is -0.141. The lowest BCUT2D eigenvalue weighted by Crippen LogP contribution is -2.31. The van der Waals surface area contributed by atoms with Gasteiger partial charge in [-0.3, -0.25) is 0 Å². The SMILES string of the molecule is COc1ccc(-c2cc(-c3ccccc3)nc(SC[C@@H]3COc4ccccc4O3)c2C#N)cc1. The molecule has 2 heterocycles. The van der Waals surface area contributed by atoms with E-state index in [1.54, 1.807) is 7.11 Å². The number of para-hydroxylation sites is 2. The van der Waals surface area contributed by atoms with E-state index in [-0.39, 0.29) is 6.10 Å². The molecular weight excluding hydrogens is 444 g/mol. The van der Waals surface area contributed by atoms with E-state index in [1.807, 2.05) is 84.9 Å². The molecule has 1 atom stereocenters. The Morgan fingerprint density at radius 1 is 0.971 bits per heavy atom. The standard InChI is InChI=1S/C28H22N2O3S/c1-31-21-13-11-19(12-14-21)23-15-25(20-7-3-2-4-8-20)30-28(24(23)16-29)34-18-22-17-32-26-9-5-6-10-27(26)33-22/h2-15,22H,17-18H2,1H3/t22-/m0/s1. The quantitative estimate of drug-likeness (QED) is 0.314. The van der Waals surface area contributed by atoms with Crippen LogP contribution in [0, 0.1) is 11.3 Å². The Balaban J connectivity index is 1.49. The van der Waals surface area contributed by atoms with Crippen molar-refractivity contribution in [2.45, 2.75) is 11.1 Å². The summed E-state index contributed by atoms with van der Waals surface area (Å²) in [5.41, 5.74) is 4.14. The van der Waals surface area contributed by atoms with Gasteiger partial charge in [-0.2, -0.15) is 5.26 Å². The zero-order valence-corrected chi connectivity index (χ0v) is 19.4. The topological polar surface area (TPSA) is 64.4 Å². The molecule has 1 aliphatic rings. The summed E-state index contributed by atoms with van der Waals surface area (Å²) in [7, 11) is 1.64. The Bertz CT molecular complexity index is 1330. The van der Waals surface area contributed by atoms with E-state index in [9.17, 15) is 5.26 Å². The van der Waals surface area contributed by atoms with Gasteiger partial charge >= 0.3 is 0 Å². The third-order valence-electron chi connectivity index (χ3n) is 5.54. The zero-order chi connectivity index (χ0) is 23.3. The van der Waals surface area contributed by atoms with Gasteiger partial charge in [0.2, 0.25) is 0 Å². The van der Waals surface area contributed by atoms with E-state index in [1.165, 1.54) is 11.8 Å². The molecule has 1 aromatic heterocycles. The summed E-state index contributed by atoms with van der Waals surface area (Å²) >= 11 is 1.51. The number of fused-ring (bicyclic) bond motifs is 1. The summed E-state index contributed by atoms with van der Waals surface area (Å²) in [4.78, 5) is 4.88. The Morgan fingerprint density at radius 2 is 1.71 bits per heavy atom. The number of thioether (sulfide) groups is 1. The van der Waals surface area contributed by atoms with Gasteiger partial charge in [0.1, 0.15) is 29.6 Å². The highest BCUT2D eigenvalue weighted by molar-refractivity contribution is 7.99. The smallest absolute Gasteiger partial charge is 0.161 e. The normalized spacial score (nSPS) is 14.3. The fraction of sp³-hybridized carbons (Fsp3) is 0.143. The number of nitriles is 1. The molecule has 1 aliphatic heterocycles. The van der Waals surface area contributed by atoms with Gasteiger partial charge in [-0.05, 0) is 35.9 Å². The minimum absolute atomic E-state index is 0.141. The van der Waals surface area contributed by atoms with Crippen molar-refractivity contribution in [3.8, 4) is 45.7 Å². The molecule has 6 heteroatoms. The predicted octanol–water partition coefficient (Wildman–Crippen LogP) is 6.23. The predicted molar refractivity (Wildman–Crippen MR) is 133 cm³/mol. The van der Waals surface area contributed by atoms with Crippen molar-refractivity contribution >= 4 is 11.8 Å². The van der Waals surface area contributed by atoms with E-state index in [0.717, 1.165) is 39.6 Å².